The van der Waals surface area contributed by atoms with Crippen LogP contribution in [0.2, 0.25) is 0 Å². The summed E-state index contributed by atoms with van der Waals surface area (Å²) in [5, 5.41) is 13.6. The van der Waals surface area contributed by atoms with Crippen molar-refractivity contribution >= 4 is 22.6 Å². The van der Waals surface area contributed by atoms with E-state index in [9.17, 15) is 9.90 Å². The number of phenolic OH excluding ortho intramolecular Hbond substituents is 1. The number of fused-ring (bicyclic) bond motifs is 1. The molecule has 0 aliphatic rings. The Morgan fingerprint density at radius 2 is 2.03 bits per heavy atom. The van der Waals surface area contributed by atoms with Gasteiger partial charge in [-0.3, -0.25) is 9.36 Å². The lowest BCUT2D eigenvalue weighted by Crippen LogP contribution is -2.11. The Balaban J connectivity index is 1.75. The van der Waals surface area contributed by atoms with Crippen LogP contribution in [0.15, 0.2) is 54.7 Å². The molecule has 8 nitrogen and oxygen atoms in total. The van der Waals surface area contributed by atoms with Crippen molar-refractivity contribution in [2.45, 2.75) is 13.5 Å². The SMILES string of the molecule is COc1cnc(-n2c(C)cc3c(C(N)=O)cccc32)nc1NCc1cccc(O)c1. The molecule has 0 aliphatic heterocycles. The molecule has 0 radical (unpaired) electrons. The molecule has 4 aromatic rings. The van der Waals surface area contributed by atoms with Crippen molar-refractivity contribution in [3.8, 4) is 17.4 Å². The number of aromatic nitrogens is 3. The number of primary amides is 1. The molecule has 2 aromatic carbocycles. The van der Waals surface area contributed by atoms with Gasteiger partial charge in [0.25, 0.3) is 0 Å². The number of carbonyl (C=O) groups is 1. The highest BCUT2D eigenvalue weighted by atomic mass is 16.5. The standard InChI is InChI=1S/C22H21N5O3/c1-13-9-17-16(20(23)29)7-4-8-18(17)27(13)22-25-12-19(30-2)21(26-22)24-11-14-5-3-6-15(28)10-14/h3-10,12,28H,11H2,1-2H3,(H2,23,29)(H,24,25,26). The molecule has 0 saturated heterocycles. The van der Waals surface area contributed by atoms with Crippen molar-refractivity contribution in [3.05, 3.63) is 71.5 Å². The van der Waals surface area contributed by atoms with E-state index in [4.69, 9.17) is 10.5 Å². The van der Waals surface area contributed by atoms with Crippen molar-refractivity contribution in [3.63, 3.8) is 0 Å². The number of aromatic hydroxyl groups is 1. The second-order valence-corrected chi connectivity index (χ2v) is 6.83. The van der Waals surface area contributed by atoms with Crippen molar-refractivity contribution in [2.75, 3.05) is 12.4 Å². The first kappa shape index (κ1) is 19.3. The number of hydrogen-bond acceptors (Lipinski definition) is 6. The van der Waals surface area contributed by atoms with Gasteiger partial charge in [0.2, 0.25) is 11.9 Å². The smallest absolute Gasteiger partial charge is 0.249 e. The minimum Gasteiger partial charge on any atom is -0.508 e. The van der Waals surface area contributed by atoms with Crippen LogP contribution in [-0.4, -0.2) is 32.7 Å². The molecule has 0 bridgehead atoms. The minimum atomic E-state index is -0.484. The fraction of sp³-hybridized carbons (Fsp3) is 0.136. The third-order valence-electron chi connectivity index (χ3n) is 4.83. The lowest BCUT2D eigenvalue weighted by molar-refractivity contribution is 0.100. The molecule has 0 fully saturated rings. The Morgan fingerprint density at radius 1 is 1.23 bits per heavy atom. The van der Waals surface area contributed by atoms with Gasteiger partial charge in [0.1, 0.15) is 5.75 Å². The second kappa shape index (κ2) is 7.75. The molecule has 152 valence electrons. The normalized spacial score (nSPS) is 10.9. The fourth-order valence-corrected chi connectivity index (χ4v) is 3.44. The summed E-state index contributed by atoms with van der Waals surface area (Å²) in [6, 6.07) is 14.2. The van der Waals surface area contributed by atoms with Crippen LogP contribution in [0.5, 0.6) is 11.5 Å². The first-order valence-corrected chi connectivity index (χ1v) is 9.32. The molecule has 8 heteroatoms. The molecule has 4 N–H and O–H groups in total. The lowest BCUT2D eigenvalue weighted by Gasteiger charge is -2.13. The summed E-state index contributed by atoms with van der Waals surface area (Å²) in [6.45, 7) is 2.36. The summed E-state index contributed by atoms with van der Waals surface area (Å²) < 4.78 is 7.25. The summed E-state index contributed by atoms with van der Waals surface area (Å²) in [5.74, 6) is 1.15. The molecule has 30 heavy (non-hydrogen) atoms. The number of hydrogen-bond donors (Lipinski definition) is 3. The zero-order valence-corrected chi connectivity index (χ0v) is 16.6. The number of aryl methyl sites for hydroxylation is 1. The predicted molar refractivity (Wildman–Crippen MR) is 114 cm³/mol. The zero-order chi connectivity index (χ0) is 21.3. The van der Waals surface area contributed by atoms with Gasteiger partial charge < -0.3 is 20.9 Å². The molecular weight excluding hydrogens is 382 g/mol. The molecular formula is C22H21N5O3. The fourth-order valence-electron chi connectivity index (χ4n) is 3.44. The maximum absolute atomic E-state index is 11.8. The van der Waals surface area contributed by atoms with E-state index in [1.807, 2.05) is 29.7 Å². The van der Waals surface area contributed by atoms with E-state index in [-0.39, 0.29) is 5.75 Å². The van der Waals surface area contributed by atoms with Gasteiger partial charge in [0.05, 0.1) is 18.8 Å². The quantitative estimate of drug-likeness (QED) is 0.455. The van der Waals surface area contributed by atoms with Gasteiger partial charge in [0, 0.05) is 23.2 Å². The van der Waals surface area contributed by atoms with Gasteiger partial charge in [0.15, 0.2) is 11.6 Å². The maximum atomic E-state index is 11.8. The number of rotatable bonds is 6. The van der Waals surface area contributed by atoms with E-state index >= 15 is 0 Å². The number of carbonyl (C=O) groups excluding carboxylic acids is 1. The first-order chi connectivity index (χ1) is 14.5. The van der Waals surface area contributed by atoms with Crippen molar-refractivity contribution < 1.29 is 14.6 Å². The van der Waals surface area contributed by atoms with Gasteiger partial charge >= 0.3 is 0 Å². The van der Waals surface area contributed by atoms with Crippen LogP contribution in [0.1, 0.15) is 21.6 Å². The van der Waals surface area contributed by atoms with E-state index in [1.54, 1.807) is 43.6 Å². The van der Waals surface area contributed by atoms with Crippen LogP contribution in [-0.2, 0) is 6.54 Å². The number of nitrogens with two attached hydrogens (primary N) is 1. The molecule has 0 saturated carbocycles. The Kier molecular flexibility index (Phi) is 4.97. The highest BCUT2D eigenvalue weighted by Crippen LogP contribution is 2.28. The molecule has 2 heterocycles. The van der Waals surface area contributed by atoms with Crippen LogP contribution in [0.4, 0.5) is 5.82 Å². The largest absolute Gasteiger partial charge is 0.508 e. The highest BCUT2D eigenvalue weighted by molar-refractivity contribution is 6.06. The third kappa shape index (κ3) is 3.50. The van der Waals surface area contributed by atoms with Crippen molar-refractivity contribution in [1.29, 1.82) is 0 Å². The molecule has 0 atom stereocenters. The number of nitrogens with one attached hydrogen (secondary N) is 1. The van der Waals surface area contributed by atoms with E-state index in [0.29, 0.717) is 29.6 Å². The Hall–Kier alpha value is -4.07. The van der Waals surface area contributed by atoms with Crippen molar-refractivity contribution in [1.82, 2.24) is 14.5 Å². The second-order valence-electron chi connectivity index (χ2n) is 6.83. The number of benzene rings is 2. The summed E-state index contributed by atoms with van der Waals surface area (Å²) in [7, 11) is 1.55. The van der Waals surface area contributed by atoms with E-state index in [0.717, 1.165) is 22.2 Å². The van der Waals surface area contributed by atoms with Gasteiger partial charge in [-0.15, -0.1) is 0 Å². The first-order valence-electron chi connectivity index (χ1n) is 9.32. The molecule has 4 rings (SSSR count). The molecule has 2 aromatic heterocycles. The van der Waals surface area contributed by atoms with Gasteiger partial charge in [-0.05, 0) is 42.8 Å². The average molecular weight is 403 g/mol. The molecule has 1 amide bonds. The number of phenols is 1. The summed E-state index contributed by atoms with van der Waals surface area (Å²) in [6.07, 6.45) is 1.59. The predicted octanol–water partition coefficient (Wildman–Crippen LogP) is 3.15. The van der Waals surface area contributed by atoms with E-state index < -0.39 is 5.91 Å². The van der Waals surface area contributed by atoms with Gasteiger partial charge in [-0.2, -0.15) is 4.98 Å². The van der Waals surface area contributed by atoms with Gasteiger partial charge in [-0.1, -0.05) is 18.2 Å². The third-order valence-corrected chi connectivity index (χ3v) is 4.83. The zero-order valence-electron chi connectivity index (χ0n) is 16.6. The Bertz CT molecular complexity index is 1250. The topological polar surface area (TPSA) is 115 Å². The minimum absolute atomic E-state index is 0.198. The molecule has 0 aliphatic carbocycles. The molecule has 0 unspecified atom stereocenters. The maximum Gasteiger partial charge on any atom is 0.249 e. The van der Waals surface area contributed by atoms with E-state index in [1.165, 1.54) is 0 Å². The van der Waals surface area contributed by atoms with E-state index in [2.05, 4.69) is 15.3 Å². The van der Waals surface area contributed by atoms with Gasteiger partial charge in [-0.25, -0.2) is 4.98 Å². The number of anilines is 1. The molecule has 0 spiro atoms. The number of nitrogens with zero attached hydrogens (tertiary/aromatic N) is 3. The summed E-state index contributed by atoms with van der Waals surface area (Å²) in [5.41, 5.74) is 8.51. The average Bonchev–Trinajstić information content (AvgIpc) is 3.07. The monoisotopic (exact) mass is 403 g/mol. The van der Waals surface area contributed by atoms with Crippen LogP contribution in [0, 0.1) is 6.92 Å². The summed E-state index contributed by atoms with van der Waals surface area (Å²) in [4.78, 5) is 20.9. The van der Waals surface area contributed by atoms with Crippen LogP contribution >= 0.6 is 0 Å². The summed E-state index contributed by atoms with van der Waals surface area (Å²) >= 11 is 0. The van der Waals surface area contributed by atoms with Crippen LogP contribution in [0.25, 0.3) is 16.9 Å². The Morgan fingerprint density at radius 3 is 2.77 bits per heavy atom. The van der Waals surface area contributed by atoms with Crippen LogP contribution in [0.3, 0.4) is 0 Å². The lowest BCUT2D eigenvalue weighted by atomic mass is 10.1. The number of methoxy groups -OCH3 is 1. The highest BCUT2D eigenvalue weighted by Gasteiger charge is 2.16. The number of amides is 1. The van der Waals surface area contributed by atoms with Crippen LogP contribution < -0.4 is 15.8 Å². The Labute approximate surface area is 173 Å². The number of ether oxygens (including phenoxy) is 1. The van der Waals surface area contributed by atoms with Crippen molar-refractivity contribution in [2.24, 2.45) is 5.73 Å².